The lowest BCUT2D eigenvalue weighted by Crippen LogP contribution is -2.45. The van der Waals surface area contributed by atoms with Gasteiger partial charge in [-0.15, -0.1) is 0 Å². The minimum Gasteiger partial charge on any atom is -0.381 e. The molecule has 20 heavy (non-hydrogen) atoms. The van der Waals surface area contributed by atoms with Crippen LogP contribution in [0, 0.1) is 0 Å². The molecular weight excluding hydrogens is 296 g/mol. The van der Waals surface area contributed by atoms with Crippen molar-refractivity contribution < 1.29 is 8.42 Å². The number of nitrogens with one attached hydrogen (secondary N) is 1. The fraction of sp³-hybridized carbons (Fsp3) is 0.750. The highest BCUT2D eigenvalue weighted by atomic mass is 32.2. The minimum absolute atomic E-state index is 0.0568. The molecule has 0 unspecified atom stereocenters. The highest BCUT2D eigenvalue weighted by molar-refractivity contribution is 8.00. The molecule has 0 atom stereocenters. The van der Waals surface area contributed by atoms with Gasteiger partial charge in [0, 0.05) is 24.0 Å². The molecule has 0 radical (unpaired) electrons. The van der Waals surface area contributed by atoms with Gasteiger partial charge in [-0.05, 0) is 25.5 Å². The van der Waals surface area contributed by atoms with Crippen LogP contribution in [0.25, 0.3) is 0 Å². The van der Waals surface area contributed by atoms with Gasteiger partial charge in [-0.1, -0.05) is 13.3 Å². The third kappa shape index (κ3) is 3.12. The molecular formula is C12H22N4O2S2. The zero-order valence-electron chi connectivity index (χ0n) is 11.9. The summed E-state index contributed by atoms with van der Waals surface area (Å²) >= 11 is 1.73. The SMILES string of the molecule is CCCn1cc(S(=O)(=O)NCC2(SC)CCC2)c(N)n1. The van der Waals surface area contributed by atoms with Gasteiger partial charge in [0.2, 0.25) is 10.0 Å². The van der Waals surface area contributed by atoms with Crippen molar-refractivity contribution in [3.05, 3.63) is 6.20 Å². The number of anilines is 1. The molecule has 0 bridgehead atoms. The molecule has 2 rings (SSSR count). The maximum atomic E-state index is 12.3. The quantitative estimate of drug-likeness (QED) is 0.794. The van der Waals surface area contributed by atoms with Crippen molar-refractivity contribution in [1.29, 1.82) is 0 Å². The maximum absolute atomic E-state index is 12.3. The summed E-state index contributed by atoms with van der Waals surface area (Å²) in [6, 6.07) is 0. The summed E-state index contributed by atoms with van der Waals surface area (Å²) in [5.41, 5.74) is 5.72. The number of hydrogen-bond acceptors (Lipinski definition) is 5. The summed E-state index contributed by atoms with van der Waals surface area (Å²) in [6.07, 6.45) is 7.69. The van der Waals surface area contributed by atoms with Crippen molar-refractivity contribution in [2.45, 2.75) is 48.8 Å². The predicted octanol–water partition coefficient (Wildman–Crippen LogP) is 1.44. The van der Waals surface area contributed by atoms with Crippen molar-refractivity contribution in [3.8, 4) is 0 Å². The highest BCUT2D eigenvalue weighted by Crippen LogP contribution is 2.42. The molecule has 1 aromatic heterocycles. The van der Waals surface area contributed by atoms with E-state index in [-0.39, 0.29) is 15.5 Å². The number of rotatable bonds is 7. The van der Waals surface area contributed by atoms with Gasteiger partial charge in [-0.3, -0.25) is 4.68 Å². The van der Waals surface area contributed by atoms with E-state index in [4.69, 9.17) is 5.73 Å². The van der Waals surface area contributed by atoms with E-state index in [1.165, 1.54) is 12.6 Å². The second kappa shape index (κ2) is 5.95. The molecule has 1 aliphatic rings. The third-order valence-corrected chi connectivity index (χ3v) is 6.62. The average Bonchev–Trinajstić information content (AvgIpc) is 2.71. The molecule has 1 saturated carbocycles. The minimum atomic E-state index is -3.58. The molecule has 0 spiro atoms. The number of nitrogen functional groups attached to an aromatic ring is 1. The molecule has 3 N–H and O–H groups in total. The van der Waals surface area contributed by atoms with Crippen molar-refractivity contribution in [2.24, 2.45) is 0 Å². The molecule has 0 amide bonds. The first-order chi connectivity index (χ1) is 9.42. The summed E-state index contributed by atoms with van der Waals surface area (Å²) in [5, 5.41) is 4.04. The van der Waals surface area contributed by atoms with Gasteiger partial charge in [0.05, 0.1) is 0 Å². The Balaban J connectivity index is 2.10. The van der Waals surface area contributed by atoms with Crippen LogP contribution >= 0.6 is 11.8 Å². The van der Waals surface area contributed by atoms with Crippen LogP contribution in [-0.4, -0.2) is 35.7 Å². The Morgan fingerprint density at radius 2 is 2.25 bits per heavy atom. The van der Waals surface area contributed by atoms with Crippen molar-refractivity contribution in [2.75, 3.05) is 18.5 Å². The molecule has 1 aliphatic carbocycles. The highest BCUT2D eigenvalue weighted by Gasteiger charge is 2.37. The number of thioether (sulfide) groups is 1. The lowest BCUT2D eigenvalue weighted by atomic mass is 9.84. The second-order valence-corrected chi connectivity index (χ2v) is 8.22. The summed E-state index contributed by atoms with van der Waals surface area (Å²) < 4.78 is 29.0. The molecule has 1 fully saturated rings. The summed E-state index contributed by atoms with van der Waals surface area (Å²) in [4.78, 5) is 0.0847. The summed E-state index contributed by atoms with van der Waals surface area (Å²) in [5.74, 6) is 0.0674. The normalized spacial score (nSPS) is 17.9. The fourth-order valence-electron chi connectivity index (χ4n) is 2.30. The van der Waals surface area contributed by atoms with Crippen LogP contribution < -0.4 is 10.5 Å². The standard InChI is InChI=1S/C12H22N4O2S2/c1-3-7-16-8-10(11(13)15-16)20(17,18)14-9-12(19-2)5-4-6-12/h8,14H,3-7,9H2,1-2H3,(H2,13,15). The number of aromatic nitrogens is 2. The summed E-state index contributed by atoms with van der Waals surface area (Å²) in [6.45, 7) is 3.12. The number of aryl methyl sites for hydroxylation is 1. The first-order valence-corrected chi connectivity index (χ1v) is 9.51. The van der Waals surface area contributed by atoms with Crippen LogP contribution in [0.1, 0.15) is 32.6 Å². The third-order valence-electron chi connectivity index (χ3n) is 3.78. The molecule has 8 heteroatoms. The topological polar surface area (TPSA) is 90.0 Å². The Labute approximate surface area is 124 Å². The van der Waals surface area contributed by atoms with E-state index < -0.39 is 10.0 Å². The second-order valence-electron chi connectivity index (χ2n) is 5.21. The Kier molecular flexibility index (Phi) is 4.66. The largest absolute Gasteiger partial charge is 0.381 e. The monoisotopic (exact) mass is 318 g/mol. The predicted molar refractivity (Wildman–Crippen MR) is 82.2 cm³/mol. The lowest BCUT2D eigenvalue weighted by molar-refractivity contribution is 0.362. The van der Waals surface area contributed by atoms with E-state index >= 15 is 0 Å². The van der Waals surface area contributed by atoms with E-state index in [0.717, 1.165) is 19.3 Å². The zero-order valence-corrected chi connectivity index (χ0v) is 13.6. The van der Waals surface area contributed by atoms with E-state index in [9.17, 15) is 8.42 Å². The van der Waals surface area contributed by atoms with Gasteiger partial charge in [-0.2, -0.15) is 16.9 Å². The van der Waals surface area contributed by atoms with Crippen LogP contribution in [0.15, 0.2) is 11.1 Å². The van der Waals surface area contributed by atoms with E-state index in [2.05, 4.69) is 9.82 Å². The average molecular weight is 318 g/mol. The van der Waals surface area contributed by atoms with Gasteiger partial charge >= 0.3 is 0 Å². The fourth-order valence-corrected chi connectivity index (χ4v) is 4.50. The number of hydrogen-bond donors (Lipinski definition) is 2. The van der Waals surface area contributed by atoms with Crippen LogP contribution in [0.4, 0.5) is 5.82 Å². The Morgan fingerprint density at radius 1 is 1.55 bits per heavy atom. The smallest absolute Gasteiger partial charge is 0.245 e. The molecule has 6 nitrogen and oxygen atoms in total. The van der Waals surface area contributed by atoms with E-state index in [1.54, 1.807) is 16.4 Å². The maximum Gasteiger partial charge on any atom is 0.245 e. The first-order valence-electron chi connectivity index (χ1n) is 6.80. The number of nitrogens with two attached hydrogens (primary N) is 1. The molecule has 114 valence electrons. The summed E-state index contributed by atoms with van der Waals surface area (Å²) in [7, 11) is -3.58. The molecule has 0 aliphatic heterocycles. The first kappa shape index (κ1) is 15.7. The van der Waals surface area contributed by atoms with Gasteiger partial charge < -0.3 is 5.73 Å². The van der Waals surface area contributed by atoms with Crippen LogP contribution in [-0.2, 0) is 16.6 Å². The van der Waals surface area contributed by atoms with Crippen molar-refractivity contribution in [3.63, 3.8) is 0 Å². The number of sulfonamides is 1. The van der Waals surface area contributed by atoms with Crippen LogP contribution in [0.5, 0.6) is 0 Å². The van der Waals surface area contributed by atoms with Crippen molar-refractivity contribution >= 4 is 27.6 Å². The Bertz CT molecular complexity index is 559. The van der Waals surface area contributed by atoms with Gasteiger partial charge in [0.1, 0.15) is 4.90 Å². The Morgan fingerprint density at radius 3 is 2.75 bits per heavy atom. The zero-order chi connectivity index (χ0) is 14.8. The van der Waals surface area contributed by atoms with Crippen LogP contribution in [0.2, 0.25) is 0 Å². The van der Waals surface area contributed by atoms with Crippen LogP contribution in [0.3, 0.4) is 0 Å². The van der Waals surface area contributed by atoms with Crippen molar-refractivity contribution in [1.82, 2.24) is 14.5 Å². The molecule has 1 heterocycles. The molecule has 1 aromatic rings. The van der Waals surface area contributed by atoms with E-state index in [0.29, 0.717) is 13.1 Å². The number of nitrogens with zero attached hydrogens (tertiary/aromatic N) is 2. The molecule has 0 saturated heterocycles. The van der Waals surface area contributed by atoms with Gasteiger partial charge in [0.25, 0.3) is 0 Å². The Hall–Kier alpha value is -0.730. The molecule has 0 aromatic carbocycles. The van der Waals surface area contributed by atoms with Gasteiger partial charge in [0.15, 0.2) is 5.82 Å². The van der Waals surface area contributed by atoms with Gasteiger partial charge in [-0.25, -0.2) is 13.1 Å². The lowest BCUT2D eigenvalue weighted by Gasteiger charge is -2.40. The van der Waals surface area contributed by atoms with E-state index in [1.807, 2.05) is 13.2 Å².